The van der Waals surface area contributed by atoms with Crippen LogP contribution in [0.5, 0.6) is 0 Å². The van der Waals surface area contributed by atoms with Crippen LogP contribution < -0.4 is 10.6 Å². The summed E-state index contributed by atoms with van der Waals surface area (Å²) in [6.07, 6.45) is 0.888. The fourth-order valence-electron chi connectivity index (χ4n) is 0.996. The van der Waals surface area contributed by atoms with Crippen molar-refractivity contribution >= 4 is 22.5 Å². The van der Waals surface area contributed by atoms with Gasteiger partial charge >= 0.3 is 6.03 Å². The number of thiazole rings is 1. The first-order chi connectivity index (χ1) is 6.90. The van der Waals surface area contributed by atoms with E-state index in [0.717, 1.165) is 12.1 Å². The number of hydrogen-bond donors (Lipinski definition) is 2. The van der Waals surface area contributed by atoms with E-state index >= 15 is 0 Å². The summed E-state index contributed by atoms with van der Waals surface area (Å²) in [7, 11) is 0. The summed E-state index contributed by atoms with van der Waals surface area (Å²) in [6.45, 7) is 7.85. The Bertz CT molecular complexity index is 341. The van der Waals surface area contributed by atoms with Gasteiger partial charge in [-0.3, -0.25) is 5.32 Å². The van der Waals surface area contributed by atoms with E-state index in [1.54, 1.807) is 0 Å². The van der Waals surface area contributed by atoms with Gasteiger partial charge in [0.15, 0.2) is 5.13 Å². The number of anilines is 1. The standard InChI is InChI=1S/C10H17N3OS/c1-5-7-6-15-9(11-7)12-8(14)13-10(2,3)4/h6H,5H2,1-4H3,(H2,11,12,13,14). The second kappa shape index (κ2) is 4.61. The van der Waals surface area contributed by atoms with E-state index in [2.05, 4.69) is 15.6 Å². The molecule has 2 amide bonds. The molecule has 0 fully saturated rings. The van der Waals surface area contributed by atoms with Gasteiger partial charge in [0.1, 0.15) is 0 Å². The molecule has 0 saturated heterocycles. The summed E-state index contributed by atoms with van der Waals surface area (Å²) in [4.78, 5) is 15.7. The van der Waals surface area contributed by atoms with Crippen LogP contribution in [-0.2, 0) is 6.42 Å². The molecule has 84 valence electrons. The van der Waals surface area contributed by atoms with Crippen LogP contribution in [0.15, 0.2) is 5.38 Å². The summed E-state index contributed by atoms with van der Waals surface area (Å²) >= 11 is 1.45. The molecule has 1 rings (SSSR count). The Morgan fingerprint density at radius 1 is 1.53 bits per heavy atom. The molecule has 0 aliphatic rings. The van der Waals surface area contributed by atoms with E-state index < -0.39 is 0 Å². The van der Waals surface area contributed by atoms with Crippen molar-refractivity contribution in [3.8, 4) is 0 Å². The van der Waals surface area contributed by atoms with Crippen LogP contribution in [0.25, 0.3) is 0 Å². The van der Waals surface area contributed by atoms with Crippen molar-refractivity contribution < 1.29 is 4.79 Å². The summed E-state index contributed by atoms with van der Waals surface area (Å²) in [6, 6.07) is -0.209. The maximum Gasteiger partial charge on any atom is 0.321 e. The van der Waals surface area contributed by atoms with Crippen LogP contribution in [0, 0.1) is 0 Å². The molecule has 5 heteroatoms. The molecule has 0 bridgehead atoms. The molecule has 15 heavy (non-hydrogen) atoms. The lowest BCUT2D eigenvalue weighted by Crippen LogP contribution is -2.43. The first kappa shape index (κ1) is 12.0. The molecule has 1 heterocycles. The highest BCUT2D eigenvalue weighted by Crippen LogP contribution is 2.15. The van der Waals surface area contributed by atoms with E-state index in [0.29, 0.717) is 5.13 Å². The van der Waals surface area contributed by atoms with Crippen LogP contribution in [0.4, 0.5) is 9.93 Å². The lowest BCUT2D eigenvalue weighted by atomic mass is 10.1. The average molecular weight is 227 g/mol. The molecule has 2 N–H and O–H groups in total. The molecule has 0 radical (unpaired) electrons. The van der Waals surface area contributed by atoms with Crippen molar-refractivity contribution in [1.82, 2.24) is 10.3 Å². The molecule has 0 atom stereocenters. The molecular formula is C10H17N3OS. The third-order valence-electron chi connectivity index (χ3n) is 1.62. The number of urea groups is 1. The molecule has 0 aromatic carbocycles. The zero-order valence-corrected chi connectivity index (χ0v) is 10.4. The quantitative estimate of drug-likeness (QED) is 0.816. The van der Waals surface area contributed by atoms with Crippen molar-refractivity contribution in [3.05, 3.63) is 11.1 Å². The maximum absolute atomic E-state index is 11.5. The first-order valence-electron chi connectivity index (χ1n) is 4.94. The van der Waals surface area contributed by atoms with Gasteiger partial charge in [0.25, 0.3) is 0 Å². The molecule has 0 saturated carbocycles. The van der Waals surface area contributed by atoms with Gasteiger partial charge in [0, 0.05) is 10.9 Å². The molecule has 1 aromatic rings. The largest absolute Gasteiger partial charge is 0.333 e. The number of carbonyl (C=O) groups is 1. The number of aryl methyl sites for hydroxylation is 1. The Balaban J connectivity index is 2.51. The lowest BCUT2D eigenvalue weighted by Gasteiger charge is -2.20. The minimum absolute atomic E-state index is 0.209. The highest BCUT2D eigenvalue weighted by atomic mass is 32.1. The van der Waals surface area contributed by atoms with Crippen molar-refractivity contribution in [3.63, 3.8) is 0 Å². The SMILES string of the molecule is CCc1csc(NC(=O)NC(C)(C)C)n1. The van der Waals surface area contributed by atoms with E-state index in [-0.39, 0.29) is 11.6 Å². The van der Waals surface area contributed by atoms with Gasteiger partial charge < -0.3 is 5.32 Å². The number of nitrogens with one attached hydrogen (secondary N) is 2. The zero-order valence-electron chi connectivity index (χ0n) is 9.55. The Labute approximate surface area is 94.1 Å². The smallest absolute Gasteiger partial charge is 0.321 e. The molecule has 4 nitrogen and oxygen atoms in total. The Morgan fingerprint density at radius 2 is 2.20 bits per heavy atom. The van der Waals surface area contributed by atoms with Crippen molar-refractivity contribution in [2.45, 2.75) is 39.7 Å². The molecule has 0 spiro atoms. The Morgan fingerprint density at radius 3 is 2.67 bits per heavy atom. The molecule has 1 aromatic heterocycles. The Kier molecular flexibility index (Phi) is 3.68. The normalized spacial score (nSPS) is 11.2. The molecule has 0 unspecified atom stereocenters. The average Bonchev–Trinajstić information content (AvgIpc) is 2.48. The minimum Gasteiger partial charge on any atom is -0.333 e. The van der Waals surface area contributed by atoms with E-state index in [1.807, 2.05) is 33.1 Å². The van der Waals surface area contributed by atoms with Gasteiger partial charge in [-0.15, -0.1) is 11.3 Å². The predicted molar refractivity (Wildman–Crippen MR) is 63.4 cm³/mol. The van der Waals surface area contributed by atoms with E-state index in [9.17, 15) is 4.79 Å². The topological polar surface area (TPSA) is 54.0 Å². The summed E-state index contributed by atoms with van der Waals surface area (Å²) < 4.78 is 0. The lowest BCUT2D eigenvalue weighted by molar-refractivity contribution is 0.244. The van der Waals surface area contributed by atoms with Gasteiger partial charge in [-0.25, -0.2) is 9.78 Å². The second-order valence-corrected chi connectivity index (χ2v) is 5.18. The number of aromatic nitrogens is 1. The van der Waals surface area contributed by atoms with E-state index in [1.165, 1.54) is 11.3 Å². The molecule has 0 aliphatic heterocycles. The summed E-state index contributed by atoms with van der Waals surface area (Å²) in [5, 5.41) is 8.12. The van der Waals surface area contributed by atoms with Crippen molar-refractivity contribution in [2.24, 2.45) is 0 Å². The van der Waals surface area contributed by atoms with Crippen LogP contribution in [0.2, 0.25) is 0 Å². The Hall–Kier alpha value is -1.10. The number of rotatable bonds is 2. The predicted octanol–water partition coefficient (Wildman–Crippen LogP) is 2.63. The fourth-order valence-corrected chi connectivity index (χ4v) is 1.78. The van der Waals surface area contributed by atoms with Gasteiger partial charge in [0.2, 0.25) is 0 Å². The third-order valence-corrected chi connectivity index (χ3v) is 2.43. The van der Waals surface area contributed by atoms with Crippen LogP contribution in [0.3, 0.4) is 0 Å². The highest BCUT2D eigenvalue weighted by Gasteiger charge is 2.14. The number of carbonyl (C=O) groups excluding carboxylic acids is 1. The molecule has 0 aliphatic carbocycles. The zero-order chi connectivity index (χ0) is 11.5. The molecular weight excluding hydrogens is 210 g/mol. The number of hydrogen-bond acceptors (Lipinski definition) is 3. The van der Waals surface area contributed by atoms with Crippen molar-refractivity contribution in [2.75, 3.05) is 5.32 Å². The minimum atomic E-state index is -0.227. The number of amides is 2. The van der Waals surface area contributed by atoms with Gasteiger partial charge in [-0.05, 0) is 27.2 Å². The van der Waals surface area contributed by atoms with Crippen LogP contribution in [0.1, 0.15) is 33.4 Å². The fraction of sp³-hybridized carbons (Fsp3) is 0.600. The van der Waals surface area contributed by atoms with E-state index in [4.69, 9.17) is 0 Å². The van der Waals surface area contributed by atoms with Crippen LogP contribution >= 0.6 is 11.3 Å². The highest BCUT2D eigenvalue weighted by molar-refractivity contribution is 7.13. The van der Waals surface area contributed by atoms with Gasteiger partial charge in [-0.1, -0.05) is 6.92 Å². The second-order valence-electron chi connectivity index (χ2n) is 4.33. The van der Waals surface area contributed by atoms with Crippen LogP contribution in [-0.4, -0.2) is 16.6 Å². The maximum atomic E-state index is 11.5. The van der Waals surface area contributed by atoms with Gasteiger partial charge in [-0.2, -0.15) is 0 Å². The first-order valence-corrected chi connectivity index (χ1v) is 5.82. The van der Waals surface area contributed by atoms with Crippen molar-refractivity contribution in [1.29, 1.82) is 0 Å². The summed E-state index contributed by atoms with van der Waals surface area (Å²) in [5.74, 6) is 0. The summed E-state index contributed by atoms with van der Waals surface area (Å²) in [5.41, 5.74) is 0.778. The number of nitrogens with zero attached hydrogens (tertiary/aromatic N) is 1. The monoisotopic (exact) mass is 227 g/mol. The third kappa shape index (κ3) is 4.29. The van der Waals surface area contributed by atoms with Gasteiger partial charge in [0.05, 0.1) is 5.69 Å².